The summed E-state index contributed by atoms with van der Waals surface area (Å²) in [7, 11) is -0.00516. The molecular weight excluding hydrogens is 745 g/mol. The first-order valence-electron chi connectivity index (χ1n) is 15.6. The molecule has 3 heterocycles. The minimum atomic E-state index is -5.08. The first-order valence-corrected chi connectivity index (χ1v) is 17.4. The zero-order valence-corrected chi connectivity index (χ0v) is 29.8. The van der Waals surface area contributed by atoms with Crippen LogP contribution >= 0.6 is 11.6 Å². The highest BCUT2D eigenvalue weighted by Gasteiger charge is 2.64. The van der Waals surface area contributed by atoms with Crippen LogP contribution in [0, 0.1) is 0 Å². The van der Waals surface area contributed by atoms with Gasteiger partial charge in [0.15, 0.2) is 5.54 Å². The van der Waals surface area contributed by atoms with E-state index in [0.717, 1.165) is 10.5 Å². The molecule has 4 aromatic rings. The number of hydrogen-bond acceptors (Lipinski definition) is 10. The Morgan fingerprint density at radius 1 is 1.00 bits per heavy atom. The van der Waals surface area contributed by atoms with Crippen LogP contribution < -0.4 is 13.8 Å². The van der Waals surface area contributed by atoms with Crippen molar-refractivity contribution < 1.29 is 55.7 Å². The van der Waals surface area contributed by atoms with E-state index >= 15 is 4.79 Å². The highest BCUT2D eigenvalue weighted by atomic mass is 35.5. The van der Waals surface area contributed by atoms with Gasteiger partial charge in [-0.05, 0) is 48.9 Å². The lowest BCUT2D eigenvalue weighted by atomic mass is 9.80. The maximum absolute atomic E-state index is 15.2. The van der Waals surface area contributed by atoms with Crippen molar-refractivity contribution >= 4 is 45.1 Å². The Morgan fingerprint density at radius 3 is 2.23 bits per heavy atom. The van der Waals surface area contributed by atoms with E-state index in [1.165, 1.54) is 42.3 Å². The van der Waals surface area contributed by atoms with Gasteiger partial charge in [0.25, 0.3) is 15.9 Å². The van der Waals surface area contributed by atoms with Gasteiger partial charge in [0.05, 0.1) is 31.1 Å². The zero-order valence-electron chi connectivity index (χ0n) is 28.2. The number of likely N-dealkylation sites (tertiary alicyclic amines) is 1. The number of pyridine rings is 1. The van der Waals surface area contributed by atoms with Crippen LogP contribution in [0.3, 0.4) is 0 Å². The Balaban J connectivity index is 0.000000705. The number of nitrogens with zero attached hydrogens (tertiary/aromatic N) is 4. The third-order valence-corrected chi connectivity index (χ3v) is 10.4. The molecule has 3 aromatic carbocycles. The standard InChI is InChI=1S/C33H31ClN4O7S.C2HF3O2/c1-36(2)31(40)28-18-22(39)20-37(28)33(25-11-7-8-12-29(25)44-3)26-17-21(34)13-15-27(26)38(32(33)41)46(42,43)24-14-16-30(35-19-24)45-23-9-5-4-6-10-23;3-2(4,5)1(6)7/h4-17,19,22,28,39H,18,20H2,1-3H3;(H,6,7)/t22-,28+,33?;/m1./s1. The van der Waals surface area contributed by atoms with E-state index in [-0.39, 0.29) is 51.7 Å². The molecule has 3 atom stereocenters. The van der Waals surface area contributed by atoms with Crippen LogP contribution in [-0.4, -0.2) is 97.3 Å². The molecule has 0 spiro atoms. The summed E-state index contributed by atoms with van der Waals surface area (Å²) in [4.78, 5) is 44.5. The Morgan fingerprint density at radius 2 is 1.64 bits per heavy atom. The SMILES string of the molecule is COc1ccccc1C1(N2C[C@H](O)C[C@H]2C(=O)N(C)C)C(=O)N(S(=O)(=O)c2ccc(Oc3ccccc3)nc2)c2ccc(Cl)cc21.O=C(O)C(F)(F)F. The molecule has 13 nitrogen and oxygen atoms in total. The lowest BCUT2D eigenvalue weighted by molar-refractivity contribution is -0.192. The molecule has 0 aliphatic carbocycles. The number of carboxylic acid groups (broad SMARTS) is 1. The second kappa shape index (κ2) is 15.0. The number of alkyl halides is 3. The third kappa shape index (κ3) is 7.37. The molecule has 2 N–H and O–H groups in total. The van der Waals surface area contributed by atoms with Gasteiger partial charge in [0, 0.05) is 42.9 Å². The van der Waals surface area contributed by atoms with Crippen LogP contribution in [0.4, 0.5) is 18.9 Å². The lowest BCUT2D eigenvalue weighted by Crippen LogP contribution is -2.59. The van der Waals surface area contributed by atoms with E-state index in [1.807, 2.05) is 6.07 Å². The Bertz CT molecular complexity index is 2120. The van der Waals surface area contributed by atoms with Crippen molar-refractivity contribution in [3.8, 4) is 17.4 Å². The number of likely N-dealkylation sites (N-methyl/N-ethyl adjacent to an activating group) is 1. The second-order valence-electron chi connectivity index (χ2n) is 12.0. The largest absolute Gasteiger partial charge is 0.496 e. The number of anilines is 1. The number of para-hydroxylation sites is 2. The van der Waals surface area contributed by atoms with Crippen LogP contribution in [-0.2, 0) is 29.9 Å². The highest BCUT2D eigenvalue weighted by molar-refractivity contribution is 7.93. The molecular formula is C35H32ClF3N4O9S. The first-order chi connectivity index (χ1) is 24.9. The maximum atomic E-state index is 15.2. The molecule has 1 saturated heterocycles. The number of carbonyl (C=O) groups is 3. The maximum Gasteiger partial charge on any atom is 0.490 e. The number of halogens is 4. The van der Waals surface area contributed by atoms with Gasteiger partial charge in [0.2, 0.25) is 11.8 Å². The molecule has 2 aliphatic heterocycles. The second-order valence-corrected chi connectivity index (χ2v) is 14.2. The number of aromatic nitrogens is 1. The number of carbonyl (C=O) groups excluding carboxylic acids is 2. The van der Waals surface area contributed by atoms with Gasteiger partial charge in [0.1, 0.15) is 16.4 Å². The number of carboxylic acids is 1. The number of aliphatic carboxylic acids is 1. The van der Waals surface area contributed by atoms with E-state index in [9.17, 15) is 31.5 Å². The molecule has 53 heavy (non-hydrogen) atoms. The van der Waals surface area contributed by atoms with Gasteiger partial charge >= 0.3 is 12.1 Å². The number of hydrogen-bond donors (Lipinski definition) is 2. The molecule has 18 heteroatoms. The number of fused-ring (bicyclic) bond motifs is 1. The van der Waals surface area contributed by atoms with Crippen molar-refractivity contribution in [3.63, 3.8) is 0 Å². The number of rotatable bonds is 8. The fraction of sp³-hybridized carbons (Fsp3) is 0.257. The molecule has 0 radical (unpaired) electrons. The minimum Gasteiger partial charge on any atom is -0.496 e. The lowest BCUT2D eigenvalue weighted by Gasteiger charge is -2.42. The molecule has 0 saturated carbocycles. The Hall–Kier alpha value is -5.23. The smallest absolute Gasteiger partial charge is 0.490 e. The minimum absolute atomic E-state index is 0.0244. The van der Waals surface area contributed by atoms with Crippen LogP contribution in [0.2, 0.25) is 5.02 Å². The van der Waals surface area contributed by atoms with E-state index in [0.29, 0.717) is 11.3 Å². The van der Waals surface area contributed by atoms with Crippen LogP contribution in [0.15, 0.2) is 96.0 Å². The summed E-state index contributed by atoms with van der Waals surface area (Å²) in [5.74, 6) is -3.05. The van der Waals surface area contributed by atoms with Crippen molar-refractivity contribution in [2.45, 2.75) is 35.2 Å². The van der Waals surface area contributed by atoms with E-state index in [2.05, 4.69) is 4.98 Å². The van der Waals surface area contributed by atoms with E-state index < -0.39 is 45.8 Å². The molecule has 6 rings (SSSR count). The fourth-order valence-corrected chi connectivity index (χ4v) is 7.81. The van der Waals surface area contributed by atoms with Crippen LogP contribution in [0.25, 0.3) is 0 Å². The Labute approximate surface area is 306 Å². The monoisotopic (exact) mass is 776 g/mol. The van der Waals surface area contributed by atoms with Crippen molar-refractivity contribution in [2.75, 3.05) is 32.1 Å². The molecule has 2 amide bonds. The Kier molecular flexibility index (Phi) is 11.0. The number of methoxy groups -OCH3 is 1. The quantitative estimate of drug-likeness (QED) is 0.255. The van der Waals surface area contributed by atoms with Gasteiger partial charge < -0.3 is 24.6 Å². The first kappa shape index (κ1) is 39.0. The van der Waals surface area contributed by atoms with Crippen molar-refractivity contribution in [1.29, 1.82) is 0 Å². The van der Waals surface area contributed by atoms with Crippen molar-refractivity contribution in [1.82, 2.24) is 14.8 Å². The number of aliphatic hydroxyl groups is 1. The van der Waals surface area contributed by atoms with E-state index in [1.54, 1.807) is 67.5 Å². The zero-order chi connectivity index (χ0) is 38.9. The van der Waals surface area contributed by atoms with Gasteiger partial charge in [-0.15, -0.1) is 0 Å². The number of benzene rings is 3. The number of ether oxygens (including phenoxy) is 2. The summed E-state index contributed by atoms with van der Waals surface area (Å²) in [6.45, 7) is -0.110. The number of sulfonamides is 1. The summed E-state index contributed by atoms with van der Waals surface area (Å²) in [6, 6.07) is 21.8. The average Bonchev–Trinajstić information content (AvgIpc) is 3.62. The van der Waals surface area contributed by atoms with Crippen molar-refractivity contribution in [2.24, 2.45) is 0 Å². The van der Waals surface area contributed by atoms with Gasteiger partial charge in [-0.2, -0.15) is 13.2 Å². The third-order valence-electron chi connectivity index (χ3n) is 8.45. The predicted molar refractivity (Wildman–Crippen MR) is 184 cm³/mol. The highest BCUT2D eigenvalue weighted by Crippen LogP contribution is 2.55. The normalized spacial score (nSPS) is 19.9. The van der Waals surface area contributed by atoms with E-state index in [4.69, 9.17) is 31.0 Å². The summed E-state index contributed by atoms with van der Waals surface area (Å²) < 4.78 is 72.8. The predicted octanol–water partition coefficient (Wildman–Crippen LogP) is 4.67. The van der Waals surface area contributed by atoms with Gasteiger partial charge in [-0.25, -0.2) is 22.5 Å². The summed E-state index contributed by atoms with van der Waals surface area (Å²) in [6.07, 6.45) is -4.92. The van der Waals surface area contributed by atoms with Gasteiger partial charge in [-0.1, -0.05) is 48.0 Å². The molecule has 0 bridgehead atoms. The number of aliphatic hydroxyl groups excluding tert-OH is 1. The fourth-order valence-electron chi connectivity index (χ4n) is 6.23. The van der Waals surface area contributed by atoms with Crippen molar-refractivity contribution in [3.05, 3.63) is 107 Å². The topological polar surface area (TPSA) is 167 Å². The molecule has 1 unspecified atom stereocenters. The van der Waals surface area contributed by atoms with Crippen LogP contribution in [0.1, 0.15) is 17.5 Å². The summed E-state index contributed by atoms with van der Waals surface area (Å²) in [5.41, 5.74) is -1.38. The average molecular weight is 777 g/mol. The number of β-amino-alcohol motifs (C(OH)–C–C–N with tert-alkyl or cyclic N) is 1. The summed E-state index contributed by atoms with van der Waals surface area (Å²) in [5, 5.41) is 18.3. The molecule has 2 aliphatic rings. The molecule has 280 valence electrons. The molecule has 1 aromatic heterocycles. The summed E-state index contributed by atoms with van der Waals surface area (Å²) >= 11 is 6.53. The van der Waals surface area contributed by atoms with Gasteiger partial charge in [-0.3, -0.25) is 14.5 Å². The molecule has 1 fully saturated rings. The van der Waals surface area contributed by atoms with Crippen LogP contribution in [0.5, 0.6) is 17.4 Å². The number of amides is 2.